The van der Waals surface area contributed by atoms with Crippen LogP contribution in [0.25, 0.3) is 101 Å². The third-order valence-corrected chi connectivity index (χ3v) is 10.4. The summed E-state index contributed by atoms with van der Waals surface area (Å²) in [5.74, 6) is 1.58. The second-order valence-corrected chi connectivity index (χ2v) is 13.8. The van der Waals surface area contributed by atoms with Gasteiger partial charge in [-0.05, 0) is 58.7 Å². The average Bonchev–Trinajstić information content (AvgIpc) is 3.78. The predicted molar refractivity (Wildman–Crippen MR) is 226 cm³/mol. The standard InChI is InChI=1S/C49H31N7/c1-4-16-32(17-5-1)34-20-14-22-36(30-34)45-51-46(37-23-15-21-35(31-37)33-18-6-2-7-19-33)53-49(52-45)56-42-29-13-11-27-40(42)44-48(56)54-47-43(50-44)39-26-10-12-28-41(39)55(47)38-24-8-3-9-25-38/h1-31H. The molecule has 0 bridgehead atoms. The van der Waals surface area contributed by atoms with Crippen molar-refractivity contribution in [2.45, 2.75) is 0 Å². The molecule has 0 aliphatic carbocycles. The second-order valence-electron chi connectivity index (χ2n) is 13.8. The fraction of sp³-hybridized carbons (Fsp3) is 0. The molecule has 11 aromatic rings. The van der Waals surface area contributed by atoms with E-state index in [9.17, 15) is 0 Å². The quantitative estimate of drug-likeness (QED) is 0.171. The van der Waals surface area contributed by atoms with Gasteiger partial charge in [-0.2, -0.15) is 9.97 Å². The van der Waals surface area contributed by atoms with Crippen LogP contribution in [0.5, 0.6) is 0 Å². The molecule has 0 aliphatic rings. The molecule has 262 valence electrons. The summed E-state index contributed by atoms with van der Waals surface area (Å²) in [6.07, 6.45) is 0. The van der Waals surface area contributed by atoms with Crippen molar-refractivity contribution in [2.75, 3.05) is 0 Å². The van der Waals surface area contributed by atoms with Gasteiger partial charge < -0.3 is 0 Å². The van der Waals surface area contributed by atoms with Gasteiger partial charge in [-0.15, -0.1) is 0 Å². The number of nitrogens with zero attached hydrogens (tertiary/aromatic N) is 7. The number of fused-ring (bicyclic) bond motifs is 6. The van der Waals surface area contributed by atoms with E-state index in [0.717, 1.165) is 77.6 Å². The molecule has 0 spiro atoms. The van der Waals surface area contributed by atoms with Gasteiger partial charge in [0.2, 0.25) is 5.95 Å². The lowest BCUT2D eigenvalue weighted by molar-refractivity contribution is 0.943. The second kappa shape index (κ2) is 13.0. The zero-order chi connectivity index (χ0) is 37.0. The molecule has 11 rings (SSSR count). The van der Waals surface area contributed by atoms with Gasteiger partial charge in [-0.1, -0.05) is 152 Å². The Morgan fingerprint density at radius 3 is 1.29 bits per heavy atom. The van der Waals surface area contributed by atoms with E-state index in [2.05, 4.69) is 150 Å². The van der Waals surface area contributed by atoms with E-state index < -0.39 is 0 Å². The van der Waals surface area contributed by atoms with Gasteiger partial charge in [0.15, 0.2) is 22.9 Å². The largest absolute Gasteiger partial charge is 0.292 e. The van der Waals surface area contributed by atoms with E-state index in [1.807, 2.05) is 47.0 Å². The third kappa shape index (κ3) is 5.25. The van der Waals surface area contributed by atoms with E-state index in [1.54, 1.807) is 0 Å². The highest BCUT2D eigenvalue weighted by atomic mass is 15.2. The Labute approximate surface area is 321 Å². The Morgan fingerprint density at radius 2 is 0.732 bits per heavy atom. The van der Waals surface area contributed by atoms with Crippen molar-refractivity contribution in [3.8, 4) is 56.7 Å². The van der Waals surface area contributed by atoms with Crippen molar-refractivity contribution in [1.82, 2.24) is 34.1 Å². The smallest absolute Gasteiger partial charge is 0.240 e. The molecular weight excluding hydrogens is 687 g/mol. The molecule has 0 saturated carbocycles. The molecule has 7 aromatic carbocycles. The molecule has 7 heteroatoms. The van der Waals surface area contributed by atoms with E-state index >= 15 is 0 Å². The van der Waals surface area contributed by atoms with Crippen LogP contribution >= 0.6 is 0 Å². The number of hydrogen-bond acceptors (Lipinski definition) is 5. The molecule has 0 aliphatic heterocycles. The first-order chi connectivity index (χ1) is 27.8. The first-order valence-corrected chi connectivity index (χ1v) is 18.6. The van der Waals surface area contributed by atoms with E-state index in [0.29, 0.717) is 23.2 Å². The number of para-hydroxylation sites is 3. The van der Waals surface area contributed by atoms with Crippen LogP contribution in [0.4, 0.5) is 0 Å². The maximum Gasteiger partial charge on any atom is 0.240 e. The normalized spacial score (nSPS) is 11.6. The van der Waals surface area contributed by atoms with Crippen LogP contribution in [-0.4, -0.2) is 34.1 Å². The summed E-state index contributed by atoms with van der Waals surface area (Å²) in [7, 11) is 0. The first-order valence-electron chi connectivity index (χ1n) is 18.6. The molecule has 0 unspecified atom stereocenters. The Kier molecular flexibility index (Phi) is 7.35. The molecule has 0 atom stereocenters. The van der Waals surface area contributed by atoms with Gasteiger partial charge in [0.05, 0.1) is 11.0 Å². The van der Waals surface area contributed by atoms with Crippen LogP contribution < -0.4 is 0 Å². The lowest BCUT2D eigenvalue weighted by Crippen LogP contribution is -2.07. The average molecular weight is 718 g/mol. The molecular formula is C49H31N7. The lowest BCUT2D eigenvalue weighted by Gasteiger charge is -2.12. The maximum atomic E-state index is 5.48. The first kappa shape index (κ1) is 31.7. The molecule has 0 amide bonds. The van der Waals surface area contributed by atoms with Gasteiger partial charge in [-0.3, -0.25) is 9.13 Å². The zero-order valence-electron chi connectivity index (χ0n) is 30.0. The molecule has 4 heterocycles. The summed E-state index contributed by atoms with van der Waals surface area (Å²) in [6.45, 7) is 0. The molecule has 4 aromatic heterocycles. The third-order valence-electron chi connectivity index (χ3n) is 10.4. The minimum absolute atomic E-state index is 0.461. The summed E-state index contributed by atoms with van der Waals surface area (Å²) in [5, 5.41) is 2.01. The van der Waals surface area contributed by atoms with Gasteiger partial charge in [0, 0.05) is 27.6 Å². The van der Waals surface area contributed by atoms with Crippen molar-refractivity contribution < 1.29 is 0 Å². The summed E-state index contributed by atoms with van der Waals surface area (Å²) < 4.78 is 4.23. The van der Waals surface area contributed by atoms with E-state index in [1.165, 1.54) is 0 Å². The van der Waals surface area contributed by atoms with Crippen LogP contribution in [0.1, 0.15) is 0 Å². The Balaban J connectivity index is 1.20. The fourth-order valence-corrected chi connectivity index (χ4v) is 7.76. The highest BCUT2D eigenvalue weighted by Gasteiger charge is 2.23. The van der Waals surface area contributed by atoms with E-state index in [-0.39, 0.29) is 0 Å². The molecule has 0 radical (unpaired) electrons. The van der Waals surface area contributed by atoms with Gasteiger partial charge >= 0.3 is 0 Å². The Bertz CT molecular complexity index is 3140. The summed E-state index contributed by atoms with van der Waals surface area (Å²) in [4.78, 5) is 26.6. The molecule has 56 heavy (non-hydrogen) atoms. The van der Waals surface area contributed by atoms with Gasteiger partial charge in [0.25, 0.3) is 0 Å². The Morgan fingerprint density at radius 1 is 0.304 bits per heavy atom. The number of hydrogen-bond donors (Lipinski definition) is 0. The Hall–Kier alpha value is -7.77. The summed E-state index contributed by atoms with van der Waals surface area (Å²) in [6, 6.07) is 64.4. The topological polar surface area (TPSA) is 74.3 Å². The van der Waals surface area contributed by atoms with Crippen molar-refractivity contribution in [3.63, 3.8) is 0 Å². The summed E-state index contributed by atoms with van der Waals surface area (Å²) in [5.41, 5.74) is 12.2. The van der Waals surface area contributed by atoms with Gasteiger partial charge in [-0.25, -0.2) is 15.0 Å². The van der Waals surface area contributed by atoms with Crippen LogP contribution in [0.15, 0.2) is 188 Å². The summed E-state index contributed by atoms with van der Waals surface area (Å²) >= 11 is 0. The monoisotopic (exact) mass is 717 g/mol. The minimum atomic E-state index is 0.461. The van der Waals surface area contributed by atoms with Crippen LogP contribution in [-0.2, 0) is 0 Å². The minimum Gasteiger partial charge on any atom is -0.292 e. The van der Waals surface area contributed by atoms with Crippen molar-refractivity contribution >= 4 is 44.1 Å². The number of aromatic nitrogens is 7. The zero-order valence-corrected chi connectivity index (χ0v) is 30.0. The SMILES string of the molecule is c1ccc(-c2cccc(-c3nc(-c4cccc(-c5ccccc5)c4)nc(-n4c5ccccc5c5nc6c7ccccc7n(-c7ccccc7)c6nc54)n3)c2)cc1. The molecule has 7 nitrogen and oxygen atoms in total. The fourth-order valence-electron chi connectivity index (χ4n) is 7.76. The van der Waals surface area contributed by atoms with Gasteiger partial charge in [0.1, 0.15) is 11.0 Å². The highest BCUT2D eigenvalue weighted by molar-refractivity contribution is 6.12. The van der Waals surface area contributed by atoms with Crippen LogP contribution in [0, 0.1) is 0 Å². The number of benzene rings is 7. The molecule has 0 fully saturated rings. The molecule has 0 saturated heterocycles. The van der Waals surface area contributed by atoms with Crippen molar-refractivity contribution in [1.29, 1.82) is 0 Å². The predicted octanol–water partition coefficient (Wildman–Crippen LogP) is 11.5. The van der Waals surface area contributed by atoms with Crippen molar-refractivity contribution in [3.05, 3.63) is 188 Å². The van der Waals surface area contributed by atoms with Crippen LogP contribution in [0.3, 0.4) is 0 Å². The van der Waals surface area contributed by atoms with E-state index in [4.69, 9.17) is 24.9 Å². The highest BCUT2D eigenvalue weighted by Crippen LogP contribution is 2.36. The lowest BCUT2D eigenvalue weighted by atomic mass is 10.0. The van der Waals surface area contributed by atoms with Crippen molar-refractivity contribution in [2.24, 2.45) is 0 Å². The maximum absolute atomic E-state index is 5.48. The molecule has 0 N–H and O–H groups in total. The van der Waals surface area contributed by atoms with Crippen LogP contribution in [0.2, 0.25) is 0 Å². The number of rotatable bonds is 6.